The van der Waals surface area contributed by atoms with Gasteiger partial charge in [0.2, 0.25) is 0 Å². The van der Waals surface area contributed by atoms with E-state index in [2.05, 4.69) is 264 Å². The molecule has 0 bridgehead atoms. The SMILES string of the molecule is Cc1cccc2c1oc1c(N3c4cc(N(c5ccc(C(C)(C)C)cc5)c5ccc(C(C)(C)C)cc5)ccc4B4c5c(cc(C(C)(C)C)cc53)N(c3ccccc3)c3c5c(n(-c6ccccc6)c34)CCCC5)cccc12. The molecule has 75 heavy (non-hydrogen) atoms. The Hall–Kier alpha value is -7.70. The lowest BCUT2D eigenvalue weighted by atomic mass is 9.34. The molecule has 0 atom stereocenters. The van der Waals surface area contributed by atoms with Crippen molar-refractivity contribution in [3.8, 4) is 5.69 Å². The molecular weight excluding hydrogens is 912 g/mol. The summed E-state index contributed by atoms with van der Waals surface area (Å²) in [6.45, 7) is 22.9. The van der Waals surface area contributed by atoms with E-state index in [1.807, 2.05) is 0 Å². The molecule has 0 fully saturated rings. The largest absolute Gasteiger partial charge is 0.454 e. The highest BCUT2D eigenvalue weighted by Gasteiger charge is 2.49. The first-order valence-corrected chi connectivity index (χ1v) is 27.3. The van der Waals surface area contributed by atoms with Crippen LogP contribution in [0.15, 0.2) is 180 Å². The van der Waals surface area contributed by atoms with E-state index >= 15 is 0 Å². The maximum absolute atomic E-state index is 7.20. The van der Waals surface area contributed by atoms with E-state index in [0.717, 1.165) is 68.8 Å². The molecule has 5 nitrogen and oxygen atoms in total. The molecule has 13 rings (SSSR count). The smallest absolute Gasteiger partial charge is 0.273 e. The molecule has 3 aliphatic rings. The maximum Gasteiger partial charge on any atom is 0.273 e. The average molecular weight is 979 g/mol. The molecule has 0 N–H and O–H groups in total. The fourth-order valence-corrected chi connectivity index (χ4v) is 12.6. The second-order valence-electron chi connectivity index (χ2n) is 24.5. The first kappa shape index (κ1) is 47.0. The Morgan fingerprint density at radius 2 is 1.01 bits per heavy atom. The number of rotatable bonds is 6. The monoisotopic (exact) mass is 979 g/mol. The van der Waals surface area contributed by atoms with E-state index in [9.17, 15) is 0 Å². The van der Waals surface area contributed by atoms with Crippen LogP contribution in [0, 0.1) is 6.92 Å². The van der Waals surface area contributed by atoms with Gasteiger partial charge in [-0.3, -0.25) is 0 Å². The van der Waals surface area contributed by atoms with Gasteiger partial charge in [0.25, 0.3) is 6.71 Å². The third-order valence-corrected chi connectivity index (χ3v) is 16.5. The Kier molecular flexibility index (Phi) is 10.8. The van der Waals surface area contributed by atoms with Crippen molar-refractivity contribution in [3.63, 3.8) is 0 Å². The maximum atomic E-state index is 7.20. The van der Waals surface area contributed by atoms with E-state index in [-0.39, 0.29) is 23.0 Å². The molecule has 0 saturated heterocycles. The average Bonchev–Trinajstić information content (AvgIpc) is 4.03. The second kappa shape index (κ2) is 17.2. The van der Waals surface area contributed by atoms with Gasteiger partial charge in [0, 0.05) is 67.6 Å². The van der Waals surface area contributed by atoms with Gasteiger partial charge in [0.05, 0.1) is 11.4 Å². The van der Waals surface area contributed by atoms with Gasteiger partial charge < -0.3 is 23.7 Å². The van der Waals surface area contributed by atoms with Crippen molar-refractivity contribution in [1.82, 2.24) is 4.57 Å². The van der Waals surface area contributed by atoms with Gasteiger partial charge in [-0.2, -0.15) is 0 Å². The zero-order chi connectivity index (χ0) is 51.7. The number of hydrogen-bond acceptors (Lipinski definition) is 4. The van der Waals surface area contributed by atoms with Crippen LogP contribution in [0.5, 0.6) is 0 Å². The zero-order valence-corrected chi connectivity index (χ0v) is 45.3. The van der Waals surface area contributed by atoms with Crippen molar-refractivity contribution in [2.45, 2.75) is 111 Å². The van der Waals surface area contributed by atoms with Crippen LogP contribution < -0.4 is 31.2 Å². The highest BCUT2D eigenvalue weighted by Crippen LogP contribution is 2.52. The van der Waals surface area contributed by atoms with Gasteiger partial charge in [0.1, 0.15) is 5.58 Å². The Bertz CT molecular complexity index is 3790. The number of aromatic nitrogens is 1. The summed E-state index contributed by atoms with van der Waals surface area (Å²) in [6.07, 6.45) is 4.41. The summed E-state index contributed by atoms with van der Waals surface area (Å²) in [5.74, 6) is 0. The van der Waals surface area contributed by atoms with Gasteiger partial charge in [-0.05, 0) is 166 Å². The number of para-hydroxylation sites is 4. The third kappa shape index (κ3) is 7.57. The normalized spacial score (nSPS) is 14.2. The number of fused-ring (bicyclic) bond motifs is 9. The molecule has 0 spiro atoms. The van der Waals surface area contributed by atoms with Gasteiger partial charge in [-0.1, -0.05) is 159 Å². The van der Waals surface area contributed by atoms with Crippen molar-refractivity contribution in [2.24, 2.45) is 0 Å². The van der Waals surface area contributed by atoms with Crippen molar-refractivity contribution < 1.29 is 4.42 Å². The Morgan fingerprint density at radius 1 is 0.467 bits per heavy atom. The Morgan fingerprint density at radius 3 is 1.63 bits per heavy atom. The van der Waals surface area contributed by atoms with Crippen molar-refractivity contribution in [2.75, 3.05) is 14.7 Å². The third-order valence-electron chi connectivity index (χ3n) is 16.5. The fraction of sp³-hybridized carbons (Fsp3) is 0.246. The van der Waals surface area contributed by atoms with Gasteiger partial charge in [0.15, 0.2) is 5.58 Å². The molecule has 8 aromatic carbocycles. The molecule has 0 radical (unpaired) electrons. The first-order chi connectivity index (χ1) is 36.0. The predicted molar refractivity (Wildman–Crippen MR) is 319 cm³/mol. The lowest BCUT2D eigenvalue weighted by Gasteiger charge is -2.45. The Labute approximate surface area is 444 Å². The van der Waals surface area contributed by atoms with Gasteiger partial charge in [-0.25, -0.2) is 0 Å². The molecule has 1 aliphatic carbocycles. The highest BCUT2D eigenvalue weighted by atomic mass is 16.3. The number of furan rings is 1. The molecule has 2 aromatic heterocycles. The van der Waals surface area contributed by atoms with E-state index in [1.54, 1.807) is 0 Å². The van der Waals surface area contributed by atoms with Crippen molar-refractivity contribution in [1.29, 1.82) is 0 Å². The minimum Gasteiger partial charge on any atom is -0.454 e. The van der Waals surface area contributed by atoms with Crippen LogP contribution in [-0.2, 0) is 29.1 Å². The van der Waals surface area contributed by atoms with E-state index in [1.165, 1.54) is 85.7 Å². The molecule has 6 heteroatoms. The molecule has 10 aromatic rings. The molecule has 372 valence electrons. The molecule has 0 amide bonds. The van der Waals surface area contributed by atoms with Crippen LogP contribution in [0.2, 0.25) is 0 Å². The topological polar surface area (TPSA) is 27.8 Å². The summed E-state index contributed by atoms with van der Waals surface area (Å²) in [5, 5.41) is 2.25. The van der Waals surface area contributed by atoms with Crippen LogP contribution >= 0.6 is 0 Å². The highest BCUT2D eigenvalue weighted by molar-refractivity contribution is 7.00. The van der Waals surface area contributed by atoms with Crippen LogP contribution in [0.25, 0.3) is 27.6 Å². The fourth-order valence-electron chi connectivity index (χ4n) is 12.6. The summed E-state index contributed by atoms with van der Waals surface area (Å²) in [6, 6.07) is 66.6. The molecule has 0 unspecified atom stereocenters. The number of anilines is 9. The second-order valence-corrected chi connectivity index (χ2v) is 24.5. The minimum absolute atomic E-state index is 0.0178. The van der Waals surface area contributed by atoms with Crippen LogP contribution in [0.4, 0.5) is 51.2 Å². The summed E-state index contributed by atoms with van der Waals surface area (Å²) >= 11 is 0. The van der Waals surface area contributed by atoms with Crippen LogP contribution in [-0.4, -0.2) is 11.3 Å². The minimum atomic E-state index is -0.176. The van der Waals surface area contributed by atoms with E-state index in [4.69, 9.17) is 4.42 Å². The molecule has 0 saturated carbocycles. The number of aryl methyl sites for hydroxylation is 1. The van der Waals surface area contributed by atoms with Crippen LogP contribution in [0.3, 0.4) is 0 Å². The van der Waals surface area contributed by atoms with E-state index < -0.39 is 0 Å². The summed E-state index contributed by atoms with van der Waals surface area (Å²) < 4.78 is 9.88. The summed E-state index contributed by atoms with van der Waals surface area (Å²) in [5.41, 5.74) is 25.2. The predicted octanol–water partition coefficient (Wildman–Crippen LogP) is 17.0. The molecule has 4 heterocycles. The van der Waals surface area contributed by atoms with Gasteiger partial charge in [-0.15, -0.1) is 0 Å². The summed E-state index contributed by atoms with van der Waals surface area (Å²) in [7, 11) is 0. The first-order valence-electron chi connectivity index (χ1n) is 27.3. The van der Waals surface area contributed by atoms with Crippen molar-refractivity contribution in [3.05, 3.63) is 209 Å². The van der Waals surface area contributed by atoms with Gasteiger partial charge >= 0.3 is 0 Å². The van der Waals surface area contributed by atoms with Crippen LogP contribution in [0.1, 0.15) is 109 Å². The number of benzene rings is 8. The lowest BCUT2D eigenvalue weighted by Crippen LogP contribution is -2.63. The summed E-state index contributed by atoms with van der Waals surface area (Å²) in [4.78, 5) is 7.69. The number of hydrogen-bond donors (Lipinski definition) is 0. The van der Waals surface area contributed by atoms with Crippen molar-refractivity contribution >= 4 is 96.4 Å². The number of nitrogens with zero attached hydrogens (tertiary/aromatic N) is 4. The quantitative estimate of drug-likeness (QED) is 0.155. The lowest BCUT2D eigenvalue weighted by molar-refractivity contribution is 0.590. The Balaban J connectivity index is 1.16. The molecule has 2 aliphatic heterocycles. The zero-order valence-electron chi connectivity index (χ0n) is 45.3. The standard InChI is InChI=1S/C69H67BN4O/c1-44-21-19-27-53-54-28-20-30-58(65(54)75-64(44)53)74-59-43-52(71(50-35-31-45(32-36-50)67(2,3)4)51-37-33-46(34-38-51)68(5,6)7)39-40-56(59)70-62-60(41-47(42-61(62)74)69(8,9)10)72(48-22-13-11-14-23-48)63-55-26-17-18-29-57(55)73(66(63)70)49-24-15-12-16-25-49/h11-16,19-25,27-28,30-43H,17-18,26,29H2,1-10H3. The van der Waals surface area contributed by atoms with E-state index in [0.29, 0.717) is 0 Å². The molecular formula is C69H67BN4O.